The number of hydrogen-bond donors (Lipinski definition) is 1. The van der Waals surface area contributed by atoms with E-state index in [-0.39, 0.29) is 4.90 Å². The lowest BCUT2D eigenvalue weighted by atomic mass is 10.1. The van der Waals surface area contributed by atoms with Crippen molar-refractivity contribution >= 4 is 37.1 Å². The normalized spacial score (nSPS) is 13.2. The topological polar surface area (TPSA) is 98.5 Å². The van der Waals surface area contributed by atoms with Gasteiger partial charge in [0.05, 0.1) is 11.5 Å². The second-order valence-electron chi connectivity index (χ2n) is 5.72. The summed E-state index contributed by atoms with van der Waals surface area (Å²) in [7, 11) is -3.71. The van der Waals surface area contributed by atoms with E-state index in [0.29, 0.717) is 18.8 Å². The van der Waals surface area contributed by atoms with E-state index in [4.69, 9.17) is 4.74 Å². The third kappa shape index (κ3) is 3.77. The minimum Gasteiger partial charge on any atom is -0.493 e. The third-order valence-corrected chi connectivity index (χ3v) is 5.45. The number of hydrogen-bond acceptors (Lipinski definition) is 6. The van der Waals surface area contributed by atoms with E-state index in [1.54, 1.807) is 0 Å². The lowest BCUT2D eigenvalue weighted by molar-refractivity contribution is -0.387. The van der Waals surface area contributed by atoms with Gasteiger partial charge in [-0.05, 0) is 29.8 Å². The van der Waals surface area contributed by atoms with Crippen molar-refractivity contribution in [2.24, 2.45) is 0 Å². The van der Waals surface area contributed by atoms with Crippen molar-refractivity contribution in [3.05, 3.63) is 56.0 Å². The molecule has 0 spiro atoms. The monoisotopic (exact) mass is 426 g/mol. The molecule has 0 saturated carbocycles. The average molecular weight is 427 g/mol. The Kier molecular flexibility index (Phi) is 4.70. The van der Waals surface area contributed by atoms with Gasteiger partial charge in [0, 0.05) is 41.0 Å². The van der Waals surface area contributed by atoms with Crippen LogP contribution in [0.1, 0.15) is 11.1 Å². The predicted molar refractivity (Wildman–Crippen MR) is 96.9 cm³/mol. The van der Waals surface area contributed by atoms with Crippen LogP contribution in [0, 0.1) is 10.1 Å². The van der Waals surface area contributed by atoms with Gasteiger partial charge in [0.2, 0.25) is 0 Å². The summed E-state index contributed by atoms with van der Waals surface area (Å²) < 4.78 is 30.2. The number of ether oxygens (including phenoxy) is 1. The molecule has 0 fully saturated rings. The summed E-state index contributed by atoms with van der Waals surface area (Å²) in [6.07, 6.45) is 1.80. The van der Waals surface area contributed by atoms with Crippen molar-refractivity contribution in [2.45, 2.75) is 17.9 Å². The van der Waals surface area contributed by atoms with E-state index in [2.05, 4.69) is 21.2 Å². The van der Waals surface area contributed by atoms with Gasteiger partial charge >= 0.3 is 0 Å². The van der Waals surface area contributed by atoms with Gasteiger partial charge in [-0.1, -0.05) is 15.9 Å². The Morgan fingerprint density at radius 1 is 1.32 bits per heavy atom. The van der Waals surface area contributed by atoms with Crippen molar-refractivity contribution in [3.63, 3.8) is 0 Å². The second kappa shape index (κ2) is 6.64. The Morgan fingerprint density at radius 2 is 2.08 bits per heavy atom. The molecule has 0 aliphatic carbocycles. The Balaban J connectivity index is 1.89. The summed E-state index contributed by atoms with van der Waals surface area (Å²) in [4.78, 5) is 10.0. The van der Waals surface area contributed by atoms with Crippen LogP contribution < -0.4 is 10.1 Å². The predicted octanol–water partition coefficient (Wildman–Crippen LogP) is 3.31. The quantitative estimate of drug-likeness (QED) is 0.581. The fourth-order valence-electron chi connectivity index (χ4n) is 2.75. The minimum absolute atomic E-state index is 0.307. The zero-order valence-corrected chi connectivity index (χ0v) is 15.7. The summed E-state index contributed by atoms with van der Waals surface area (Å²) in [5.74, 6) is 0.834. The van der Waals surface area contributed by atoms with Crippen LogP contribution in [0.25, 0.3) is 0 Å². The SMILES string of the molecule is CS(=O)(=O)c1cc(NCc2cc(Br)cc3c2OCC3)ccc1[N+](=O)[O-]. The van der Waals surface area contributed by atoms with Crippen LogP contribution in [0.4, 0.5) is 11.4 Å². The summed E-state index contributed by atoms with van der Waals surface area (Å²) in [5.41, 5.74) is 2.10. The molecule has 0 saturated heterocycles. The molecular formula is C16H15BrN2O5S. The van der Waals surface area contributed by atoms with Gasteiger partial charge in [-0.2, -0.15) is 0 Å². The van der Waals surface area contributed by atoms with Gasteiger partial charge in [-0.3, -0.25) is 10.1 Å². The summed E-state index contributed by atoms with van der Waals surface area (Å²) in [6, 6.07) is 7.92. The molecule has 0 radical (unpaired) electrons. The number of rotatable bonds is 5. The zero-order chi connectivity index (χ0) is 18.2. The van der Waals surface area contributed by atoms with Crippen molar-refractivity contribution in [2.75, 3.05) is 18.2 Å². The highest BCUT2D eigenvalue weighted by molar-refractivity contribution is 9.10. The minimum atomic E-state index is -3.71. The molecule has 0 unspecified atom stereocenters. The number of fused-ring (bicyclic) bond motifs is 1. The van der Waals surface area contributed by atoms with Crippen LogP contribution >= 0.6 is 15.9 Å². The fraction of sp³-hybridized carbons (Fsp3) is 0.250. The molecule has 1 aliphatic rings. The van der Waals surface area contributed by atoms with Crippen LogP contribution in [0.15, 0.2) is 39.7 Å². The van der Waals surface area contributed by atoms with Crippen molar-refractivity contribution in [3.8, 4) is 5.75 Å². The first-order chi connectivity index (χ1) is 11.8. The Morgan fingerprint density at radius 3 is 2.76 bits per heavy atom. The van der Waals surface area contributed by atoms with Gasteiger partial charge in [0.15, 0.2) is 9.84 Å². The molecule has 0 atom stereocenters. The van der Waals surface area contributed by atoms with Gasteiger partial charge in [-0.15, -0.1) is 0 Å². The van der Waals surface area contributed by atoms with Crippen LogP contribution in [-0.4, -0.2) is 26.2 Å². The molecule has 132 valence electrons. The van der Waals surface area contributed by atoms with Gasteiger partial charge in [-0.25, -0.2) is 8.42 Å². The van der Waals surface area contributed by atoms with E-state index in [9.17, 15) is 18.5 Å². The van der Waals surface area contributed by atoms with E-state index >= 15 is 0 Å². The van der Waals surface area contributed by atoms with Gasteiger partial charge in [0.1, 0.15) is 10.6 Å². The largest absolute Gasteiger partial charge is 0.493 e. The fourth-order valence-corrected chi connectivity index (χ4v) is 4.16. The Bertz CT molecular complexity index is 959. The number of nitro benzene ring substituents is 1. The average Bonchev–Trinajstić information content (AvgIpc) is 2.99. The van der Waals surface area contributed by atoms with E-state index in [1.807, 2.05) is 12.1 Å². The maximum Gasteiger partial charge on any atom is 0.288 e. The molecule has 2 aromatic rings. The second-order valence-corrected chi connectivity index (χ2v) is 8.62. The highest BCUT2D eigenvalue weighted by atomic mass is 79.9. The summed E-state index contributed by atoms with van der Waals surface area (Å²) in [6.45, 7) is 1.04. The first-order valence-corrected chi connectivity index (χ1v) is 10.1. The maximum atomic E-state index is 11.8. The Hall–Kier alpha value is -2.13. The number of anilines is 1. The molecule has 0 bridgehead atoms. The van der Waals surface area contributed by atoms with Crippen molar-refractivity contribution in [1.82, 2.24) is 0 Å². The van der Waals surface area contributed by atoms with Gasteiger partial charge in [0.25, 0.3) is 5.69 Å². The molecule has 1 heterocycles. The smallest absolute Gasteiger partial charge is 0.288 e. The lowest BCUT2D eigenvalue weighted by Crippen LogP contribution is -2.06. The molecule has 3 rings (SSSR count). The molecule has 0 amide bonds. The third-order valence-electron chi connectivity index (χ3n) is 3.86. The first-order valence-electron chi connectivity index (χ1n) is 7.42. The standard InChI is InChI=1S/C16H15BrN2O5S/c1-25(22,23)15-8-13(2-3-14(15)19(20)21)18-9-11-7-12(17)6-10-4-5-24-16(10)11/h2-3,6-8,18H,4-5,9H2,1H3. The summed E-state index contributed by atoms with van der Waals surface area (Å²) >= 11 is 3.47. The van der Waals surface area contributed by atoms with E-state index in [0.717, 1.165) is 34.0 Å². The maximum absolute atomic E-state index is 11.8. The number of nitro groups is 1. The van der Waals surface area contributed by atoms with Crippen molar-refractivity contribution in [1.29, 1.82) is 0 Å². The zero-order valence-electron chi connectivity index (χ0n) is 13.3. The van der Waals surface area contributed by atoms with Crippen LogP contribution in [-0.2, 0) is 22.8 Å². The molecule has 1 aliphatic heterocycles. The van der Waals surface area contributed by atoms with E-state index in [1.165, 1.54) is 18.2 Å². The molecule has 1 N–H and O–H groups in total. The summed E-state index contributed by atoms with van der Waals surface area (Å²) in [5, 5.41) is 14.1. The molecule has 0 aromatic heterocycles. The molecule has 9 heteroatoms. The number of nitrogens with one attached hydrogen (secondary N) is 1. The van der Waals surface area contributed by atoms with Crippen LogP contribution in [0.5, 0.6) is 5.75 Å². The Labute approximate surface area is 153 Å². The molecular weight excluding hydrogens is 412 g/mol. The van der Waals surface area contributed by atoms with Crippen molar-refractivity contribution < 1.29 is 18.1 Å². The van der Waals surface area contributed by atoms with Gasteiger partial charge < -0.3 is 10.1 Å². The lowest BCUT2D eigenvalue weighted by Gasteiger charge is -2.12. The molecule has 7 nitrogen and oxygen atoms in total. The number of halogens is 1. The van der Waals surface area contributed by atoms with Crippen LogP contribution in [0.3, 0.4) is 0 Å². The highest BCUT2D eigenvalue weighted by Crippen LogP contribution is 2.34. The molecule has 2 aromatic carbocycles. The number of benzene rings is 2. The van der Waals surface area contributed by atoms with E-state index < -0.39 is 20.4 Å². The molecule has 25 heavy (non-hydrogen) atoms. The number of sulfone groups is 1. The highest BCUT2D eigenvalue weighted by Gasteiger charge is 2.23. The van der Waals surface area contributed by atoms with Crippen LogP contribution in [0.2, 0.25) is 0 Å². The first kappa shape index (κ1) is 17.7. The number of nitrogens with zero attached hydrogens (tertiary/aromatic N) is 1.